The number of amides is 1. The number of likely N-dealkylation sites (tertiary alicyclic amines) is 1. The van der Waals surface area contributed by atoms with Crippen LogP contribution in [0.1, 0.15) is 51.7 Å². The van der Waals surface area contributed by atoms with Gasteiger partial charge in [-0.25, -0.2) is 4.79 Å². The summed E-state index contributed by atoms with van der Waals surface area (Å²) < 4.78 is 11.0. The van der Waals surface area contributed by atoms with Crippen LogP contribution in [-0.2, 0) is 16.7 Å². The zero-order valence-electron chi connectivity index (χ0n) is 14.5. The first kappa shape index (κ1) is 16.2. The number of carbonyl (C=O) groups excluding carboxylic acids is 1. The molecule has 2 aliphatic heterocycles. The van der Waals surface area contributed by atoms with Crippen LogP contribution in [0.25, 0.3) is 0 Å². The molecular weight excluding hydrogens is 296 g/mol. The highest BCUT2D eigenvalue weighted by Gasteiger charge is 2.44. The third-order valence-corrected chi connectivity index (χ3v) is 4.61. The van der Waals surface area contributed by atoms with Gasteiger partial charge < -0.3 is 14.2 Å². The van der Waals surface area contributed by atoms with Crippen LogP contribution in [0.5, 0.6) is 0 Å². The van der Waals surface area contributed by atoms with Crippen molar-refractivity contribution in [3.63, 3.8) is 0 Å². The van der Waals surface area contributed by atoms with Gasteiger partial charge in [0, 0.05) is 25.4 Å². The van der Waals surface area contributed by atoms with Gasteiger partial charge in [-0.05, 0) is 19.4 Å². The molecule has 7 nitrogen and oxygen atoms in total. The predicted molar refractivity (Wildman–Crippen MR) is 84.0 cm³/mol. The van der Waals surface area contributed by atoms with E-state index in [0.717, 1.165) is 38.2 Å². The number of aromatic nitrogens is 2. The molecular formula is C16H26N4O3. The van der Waals surface area contributed by atoms with Gasteiger partial charge in [-0.2, -0.15) is 4.98 Å². The van der Waals surface area contributed by atoms with Gasteiger partial charge in [0.15, 0.2) is 5.82 Å². The molecule has 1 aromatic rings. The average molecular weight is 322 g/mol. The standard InChI is InChI=1S/C16H26N4O3/c1-15(2,3)13-17-12(18-23-13)10-20-8-5-6-16(7-9-20)11-19(4)14(21)22-16/h5-11H2,1-4H3/t16-/m1/s1. The second kappa shape index (κ2) is 5.78. The van der Waals surface area contributed by atoms with E-state index in [1.165, 1.54) is 0 Å². The Bertz CT molecular complexity index is 580. The molecule has 2 saturated heterocycles. The lowest BCUT2D eigenvalue weighted by atomic mass is 9.95. The topological polar surface area (TPSA) is 71.7 Å². The van der Waals surface area contributed by atoms with Crippen molar-refractivity contribution >= 4 is 6.09 Å². The summed E-state index contributed by atoms with van der Waals surface area (Å²) >= 11 is 0. The van der Waals surface area contributed by atoms with E-state index in [-0.39, 0.29) is 17.1 Å². The third-order valence-electron chi connectivity index (χ3n) is 4.61. The van der Waals surface area contributed by atoms with Gasteiger partial charge in [0.05, 0.1) is 13.1 Å². The first-order valence-electron chi connectivity index (χ1n) is 8.27. The summed E-state index contributed by atoms with van der Waals surface area (Å²) in [5, 5.41) is 4.10. The molecule has 3 heterocycles. The van der Waals surface area contributed by atoms with Crippen molar-refractivity contribution in [1.29, 1.82) is 0 Å². The van der Waals surface area contributed by atoms with Gasteiger partial charge >= 0.3 is 6.09 Å². The van der Waals surface area contributed by atoms with Crippen LogP contribution in [0.3, 0.4) is 0 Å². The van der Waals surface area contributed by atoms with Crippen LogP contribution in [0.2, 0.25) is 0 Å². The zero-order valence-corrected chi connectivity index (χ0v) is 14.5. The van der Waals surface area contributed by atoms with E-state index in [4.69, 9.17) is 9.26 Å². The predicted octanol–water partition coefficient (Wildman–Crippen LogP) is 2.17. The van der Waals surface area contributed by atoms with Gasteiger partial charge in [-0.15, -0.1) is 0 Å². The maximum Gasteiger partial charge on any atom is 0.410 e. The summed E-state index contributed by atoms with van der Waals surface area (Å²) in [5.74, 6) is 1.40. The summed E-state index contributed by atoms with van der Waals surface area (Å²) in [6.45, 7) is 9.39. The van der Waals surface area contributed by atoms with Gasteiger partial charge in [-0.3, -0.25) is 4.90 Å². The SMILES string of the molecule is CN1C[C@]2(CCCN(Cc3noc(C(C)(C)C)n3)CC2)OC1=O. The molecule has 128 valence electrons. The molecule has 2 fully saturated rings. The Balaban J connectivity index is 1.61. The average Bonchev–Trinajstić information content (AvgIpc) is 2.96. The van der Waals surface area contributed by atoms with Crippen LogP contribution in [0, 0.1) is 0 Å². The molecule has 0 aliphatic carbocycles. The number of carbonyl (C=O) groups is 1. The van der Waals surface area contributed by atoms with Gasteiger partial charge in [0.25, 0.3) is 0 Å². The summed E-state index contributed by atoms with van der Waals surface area (Å²) in [5.41, 5.74) is -0.439. The minimum absolute atomic E-state index is 0.128. The summed E-state index contributed by atoms with van der Waals surface area (Å²) in [6, 6.07) is 0. The molecule has 23 heavy (non-hydrogen) atoms. The van der Waals surface area contributed by atoms with E-state index in [9.17, 15) is 4.79 Å². The number of hydrogen-bond acceptors (Lipinski definition) is 6. The molecule has 0 bridgehead atoms. The quantitative estimate of drug-likeness (QED) is 0.831. The zero-order chi connectivity index (χ0) is 16.7. The summed E-state index contributed by atoms with van der Waals surface area (Å²) in [7, 11) is 1.80. The van der Waals surface area contributed by atoms with Gasteiger partial charge in [0.2, 0.25) is 5.89 Å². The number of likely N-dealkylation sites (N-methyl/N-ethyl adjacent to an activating group) is 1. The lowest BCUT2D eigenvalue weighted by Crippen LogP contribution is -2.35. The van der Waals surface area contributed by atoms with Gasteiger partial charge in [0.1, 0.15) is 5.60 Å². The lowest BCUT2D eigenvalue weighted by molar-refractivity contribution is 0.0442. The van der Waals surface area contributed by atoms with Crippen molar-refractivity contribution in [3.05, 3.63) is 11.7 Å². The van der Waals surface area contributed by atoms with E-state index in [0.29, 0.717) is 19.0 Å². The Hall–Kier alpha value is -1.63. The summed E-state index contributed by atoms with van der Waals surface area (Å²) in [4.78, 5) is 20.2. The fourth-order valence-corrected chi connectivity index (χ4v) is 3.26. The van der Waals surface area contributed by atoms with E-state index in [1.54, 1.807) is 11.9 Å². The van der Waals surface area contributed by atoms with E-state index in [2.05, 4.69) is 35.8 Å². The fraction of sp³-hybridized carbons (Fsp3) is 0.812. The van der Waals surface area contributed by atoms with Crippen LogP contribution < -0.4 is 0 Å². The molecule has 0 N–H and O–H groups in total. The molecule has 1 spiro atoms. The van der Waals surface area contributed by atoms with E-state index < -0.39 is 0 Å². The third kappa shape index (κ3) is 3.49. The smallest absolute Gasteiger partial charge is 0.410 e. The molecule has 1 aromatic heterocycles. The van der Waals surface area contributed by atoms with Crippen molar-refractivity contribution in [2.75, 3.05) is 26.7 Å². The molecule has 7 heteroatoms. The lowest BCUT2D eigenvalue weighted by Gasteiger charge is -2.25. The summed E-state index contributed by atoms with van der Waals surface area (Å²) in [6.07, 6.45) is 2.57. The first-order valence-corrected chi connectivity index (χ1v) is 8.27. The molecule has 3 rings (SSSR count). The Labute approximate surface area is 137 Å². The van der Waals surface area contributed by atoms with E-state index in [1.807, 2.05) is 0 Å². The molecule has 1 atom stereocenters. The van der Waals surface area contributed by atoms with Crippen molar-refractivity contribution < 1.29 is 14.1 Å². The first-order chi connectivity index (χ1) is 10.8. The molecule has 0 aromatic carbocycles. The maximum absolute atomic E-state index is 11.7. The number of hydrogen-bond donors (Lipinski definition) is 0. The number of ether oxygens (including phenoxy) is 1. The van der Waals surface area contributed by atoms with E-state index >= 15 is 0 Å². The van der Waals surface area contributed by atoms with Crippen LogP contribution in [0.15, 0.2) is 4.52 Å². The molecule has 0 saturated carbocycles. The maximum atomic E-state index is 11.7. The minimum Gasteiger partial charge on any atom is -0.441 e. The van der Waals surface area contributed by atoms with Crippen LogP contribution >= 0.6 is 0 Å². The monoisotopic (exact) mass is 322 g/mol. The Morgan fingerprint density at radius 2 is 2.04 bits per heavy atom. The Morgan fingerprint density at radius 3 is 2.65 bits per heavy atom. The highest BCUT2D eigenvalue weighted by molar-refractivity contribution is 5.70. The van der Waals surface area contributed by atoms with Crippen molar-refractivity contribution in [2.24, 2.45) is 0 Å². The number of rotatable bonds is 2. The molecule has 0 unspecified atom stereocenters. The van der Waals surface area contributed by atoms with Crippen molar-refractivity contribution in [3.8, 4) is 0 Å². The van der Waals surface area contributed by atoms with Crippen LogP contribution in [-0.4, -0.2) is 58.3 Å². The Morgan fingerprint density at radius 1 is 1.26 bits per heavy atom. The molecule has 2 aliphatic rings. The largest absolute Gasteiger partial charge is 0.441 e. The minimum atomic E-state index is -0.311. The Kier molecular flexibility index (Phi) is 4.08. The highest BCUT2D eigenvalue weighted by atomic mass is 16.6. The molecule has 1 amide bonds. The van der Waals surface area contributed by atoms with Crippen LogP contribution in [0.4, 0.5) is 4.79 Å². The van der Waals surface area contributed by atoms with Gasteiger partial charge in [-0.1, -0.05) is 25.9 Å². The highest BCUT2D eigenvalue weighted by Crippen LogP contribution is 2.32. The normalized spacial score (nSPS) is 26.6. The van der Waals surface area contributed by atoms with Crippen molar-refractivity contribution in [2.45, 2.75) is 57.6 Å². The second-order valence-electron chi connectivity index (χ2n) is 7.80. The van der Waals surface area contributed by atoms with Crippen molar-refractivity contribution in [1.82, 2.24) is 19.9 Å². The fourth-order valence-electron chi connectivity index (χ4n) is 3.26. The second-order valence-corrected chi connectivity index (χ2v) is 7.80. The molecule has 0 radical (unpaired) electrons. The number of nitrogens with zero attached hydrogens (tertiary/aromatic N) is 4.